The smallest absolute Gasteiger partial charge is 0.257 e. The summed E-state index contributed by atoms with van der Waals surface area (Å²) in [5.41, 5.74) is 0.436. The topological polar surface area (TPSA) is 77.1 Å². The molecule has 0 spiro atoms. The van der Waals surface area contributed by atoms with E-state index in [1.165, 1.54) is 7.11 Å². The zero-order valence-corrected chi connectivity index (χ0v) is 13.5. The average molecular weight is 322 g/mol. The zero-order valence-electron chi connectivity index (χ0n) is 13.5. The molecule has 1 saturated heterocycles. The molecule has 1 aliphatic heterocycles. The minimum Gasteiger partial charge on any atom is -0.497 e. The lowest BCUT2D eigenvalue weighted by molar-refractivity contribution is -0.121. The number of rotatable bonds is 3. The number of carbonyl (C=O) groups excluding carboxylic acids is 2. The monoisotopic (exact) mass is 322 g/mol. The Kier molecular flexibility index (Phi) is 6.22. The highest BCUT2D eigenvalue weighted by Crippen LogP contribution is 2.25. The maximum Gasteiger partial charge on any atom is 0.257 e. The zero-order chi connectivity index (χ0) is 16.7. The van der Waals surface area contributed by atoms with Gasteiger partial charge in [0.1, 0.15) is 11.5 Å². The van der Waals surface area contributed by atoms with Gasteiger partial charge in [-0.25, -0.2) is 0 Å². The molecule has 0 aliphatic carbocycles. The molecule has 0 radical (unpaired) electrons. The Hall–Kier alpha value is -2.28. The van der Waals surface area contributed by atoms with E-state index in [2.05, 4.69) is 5.32 Å². The third-order valence-corrected chi connectivity index (χ3v) is 3.61. The van der Waals surface area contributed by atoms with Crippen molar-refractivity contribution in [3.05, 3.63) is 23.8 Å². The van der Waals surface area contributed by atoms with Crippen molar-refractivity contribution < 1.29 is 23.8 Å². The van der Waals surface area contributed by atoms with E-state index in [0.29, 0.717) is 49.9 Å². The summed E-state index contributed by atoms with van der Waals surface area (Å²) in [5, 5.41) is 2.75. The molecule has 2 rings (SSSR count). The van der Waals surface area contributed by atoms with E-state index in [4.69, 9.17) is 14.2 Å². The van der Waals surface area contributed by atoms with Crippen LogP contribution in [0.1, 0.15) is 16.8 Å². The van der Waals surface area contributed by atoms with Crippen molar-refractivity contribution in [1.82, 2.24) is 10.2 Å². The molecule has 2 amide bonds. The fourth-order valence-corrected chi connectivity index (χ4v) is 2.32. The van der Waals surface area contributed by atoms with Crippen LogP contribution in [0.2, 0.25) is 0 Å². The van der Waals surface area contributed by atoms with Crippen LogP contribution in [0.25, 0.3) is 0 Å². The van der Waals surface area contributed by atoms with Gasteiger partial charge < -0.3 is 24.4 Å². The fourth-order valence-electron chi connectivity index (χ4n) is 2.32. The number of benzene rings is 1. The number of hydrogen-bond donors (Lipinski definition) is 1. The maximum atomic E-state index is 12.8. The number of carbonyl (C=O) groups is 2. The second-order valence-electron chi connectivity index (χ2n) is 5.07. The molecule has 0 atom stereocenters. The summed E-state index contributed by atoms with van der Waals surface area (Å²) in [7, 11) is 3.06. The number of methoxy groups -OCH3 is 2. The van der Waals surface area contributed by atoms with Gasteiger partial charge in [-0.3, -0.25) is 9.59 Å². The largest absolute Gasteiger partial charge is 0.497 e. The SMILES string of the molecule is COc1ccc(C(=O)N2CCOCCNC(=O)CC2)c(OC)c1. The van der Waals surface area contributed by atoms with E-state index in [0.717, 1.165) is 0 Å². The lowest BCUT2D eigenvalue weighted by Gasteiger charge is -2.24. The van der Waals surface area contributed by atoms with Crippen LogP contribution in [-0.4, -0.2) is 63.8 Å². The molecule has 1 N–H and O–H groups in total. The van der Waals surface area contributed by atoms with Gasteiger partial charge in [-0.05, 0) is 12.1 Å². The van der Waals surface area contributed by atoms with Crippen molar-refractivity contribution >= 4 is 11.8 Å². The summed E-state index contributed by atoms with van der Waals surface area (Å²) in [4.78, 5) is 26.0. The molecule has 7 nitrogen and oxygen atoms in total. The molecular weight excluding hydrogens is 300 g/mol. The first-order chi connectivity index (χ1) is 11.2. The molecule has 0 unspecified atom stereocenters. The van der Waals surface area contributed by atoms with Crippen LogP contribution < -0.4 is 14.8 Å². The van der Waals surface area contributed by atoms with Gasteiger partial charge in [0, 0.05) is 32.1 Å². The molecule has 0 saturated carbocycles. The van der Waals surface area contributed by atoms with E-state index in [1.807, 2.05) is 0 Å². The highest BCUT2D eigenvalue weighted by molar-refractivity contribution is 5.97. The molecule has 7 heteroatoms. The molecule has 1 heterocycles. The van der Waals surface area contributed by atoms with Gasteiger partial charge in [-0.1, -0.05) is 0 Å². The van der Waals surface area contributed by atoms with Gasteiger partial charge in [0.2, 0.25) is 5.91 Å². The Bertz CT molecular complexity index is 561. The number of hydrogen-bond acceptors (Lipinski definition) is 5. The first kappa shape index (κ1) is 17.1. The normalized spacial score (nSPS) is 16.4. The summed E-state index contributed by atoms with van der Waals surface area (Å²) < 4.78 is 15.8. The summed E-state index contributed by atoms with van der Waals surface area (Å²) in [6.45, 7) is 2.14. The van der Waals surface area contributed by atoms with Gasteiger partial charge in [0.05, 0.1) is 33.0 Å². The van der Waals surface area contributed by atoms with Crippen LogP contribution >= 0.6 is 0 Å². The minimum atomic E-state index is -0.193. The molecule has 23 heavy (non-hydrogen) atoms. The third-order valence-electron chi connectivity index (χ3n) is 3.61. The molecule has 1 aromatic carbocycles. The first-order valence-electron chi connectivity index (χ1n) is 7.51. The molecule has 1 aromatic rings. The van der Waals surface area contributed by atoms with E-state index in [-0.39, 0.29) is 18.2 Å². The second kappa shape index (κ2) is 8.38. The van der Waals surface area contributed by atoms with Crippen LogP contribution in [0.5, 0.6) is 11.5 Å². The summed E-state index contributed by atoms with van der Waals surface area (Å²) in [5.74, 6) is 0.773. The van der Waals surface area contributed by atoms with Gasteiger partial charge >= 0.3 is 0 Å². The van der Waals surface area contributed by atoms with Gasteiger partial charge in [0.25, 0.3) is 5.91 Å². The molecule has 1 aliphatic rings. The van der Waals surface area contributed by atoms with Gasteiger partial charge in [0.15, 0.2) is 0 Å². The highest BCUT2D eigenvalue weighted by atomic mass is 16.5. The second-order valence-corrected chi connectivity index (χ2v) is 5.07. The number of nitrogens with zero attached hydrogens (tertiary/aromatic N) is 1. The van der Waals surface area contributed by atoms with Crippen LogP contribution in [0.3, 0.4) is 0 Å². The van der Waals surface area contributed by atoms with Gasteiger partial charge in [-0.2, -0.15) is 0 Å². The number of nitrogens with one attached hydrogen (secondary N) is 1. The van der Waals surface area contributed by atoms with Crippen molar-refractivity contribution in [2.45, 2.75) is 6.42 Å². The molecule has 0 bridgehead atoms. The Labute approximate surface area is 135 Å². The summed E-state index contributed by atoms with van der Waals surface area (Å²) in [6, 6.07) is 5.04. The van der Waals surface area contributed by atoms with Crippen LogP contribution in [0, 0.1) is 0 Å². The standard InChI is InChI=1S/C16H22N2O5/c1-21-12-3-4-13(14(11-12)22-2)16(20)18-7-5-15(19)17-6-9-23-10-8-18/h3-4,11H,5-10H2,1-2H3,(H,17,19). The lowest BCUT2D eigenvalue weighted by Crippen LogP contribution is -2.39. The van der Waals surface area contributed by atoms with Crippen molar-refractivity contribution in [3.63, 3.8) is 0 Å². The first-order valence-corrected chi connectivity index (χ1v) is 7.51. The molecule has 1 fully saturated rings. The van der Waals surface area contributed by atoms with E-state index < -0.39 is 0 Å². The highest BCUT2D eigenvalue weighted by Gasteiger charge is 2.21. The van der Waals surface area contributed by atoms with Crippen molar-refractivity contribution in [2.24, 2.45) is 0 Å². The third kappa shape index (κ3) is 4.59. The minimum absolute atomic E-state index is 0.0880. The number of ether oxygens (including phenoxy) is 3. The lowest BCUT2D eigenvalue weighted by atomic mass is 10.1. The maximum absolute atomic E-state index is 12.8. The van der Waals surface area contributed by atoms with Crippen molar-refractivity contribution in [2.75, 3.05) is 47.1 Å². The van der Waals surface area contributed by atoms with Gasteiger partial charge in [-0.15, -0.1) is 0 Å². The summed E-state index contributed by atoms with van der Waals surface area (Å²) in [6.07, 6.45) is 0.268. The number of amides is 2. The molecule has 126 valence electrons. The van der Waals surface area contributed by atoms with Crippen LogP contribution in [0.4, 0.5) is 0 Å². The van der Waals surface area contributed by atoms with E-state index in [1.54, 1.807) is 30.2 Å². The predicted molar refractivity (Wildman–Crippen MR) is 83.9 cm³/mol. The Morgan fingerprint density at radius 2 is 2.04 bits per heavy atom. The fraction of sp³-hybridized carbons (Fsp3) is 0.500. The molecular formula is C16H22N2O5. The predicted octanol–water partition coefficient (Wildman–Crippen LogP) is 0.682. The Morgan fingerprint density at radius 3 is 2.78 bits per heavy atom. The van der Waals surface area contributed by atoms with Crippen LogP contribution in [0.15, 0.2) is 18.2 Å². The van der Waals surface area contributed by atoms with E-state index >= 15 is 0 Å². The van der Waals surface area contributed by atoms with Crippen LogP contribution in [-0.2, 0) is 9.53 Å². The Balaban J connectivity index is 2.17. The average Bonchev–Trinajstić information content (AvgIpc) is 2.59. The van der Waals surface area contributed by atoms with Crippen molar-refractivity contribution in [1.29, 1.82) is 0 Å². The van der Waals surface area contributed by atoms with E-state index in [9.17, 15) is 9.59 Å². The summed E-state index contributed by atoms with van der Waals surface area (Å²) >= 11 is 0. The van der Waals surface area contributed by atoms with Crippen molar-refractivity contribution in [3.8, 4) is 11.5 Å². The Morgan fingerprint density at radius 1 is 1.22 bits per heavy atom. The quantitative estimate of drug-likeness (QED) is 0.886. The molecule has 0 aromatic heterocycles.